The zero-order valence-corrected chi connectivity index (χ0v) is 36.4. The maximum Gasteiger partial charge on any atom is 0.104 e. The number of carbonyl (C=O) groups is 1. The number of quaternary nitrogens is 1. The van der Waals surface area contributed by atoms with E-state index in [0.717, 1.165) is 56.0 Å². The molecule has 0 saturated heterocycles. The fraction of sp³-hybridized carbons (Fsp3) is 0.857. The van der Waals surface area contributed by atoms with Crippen molar-refractivity contribution in [2.75, 3.05) is 20.6 Å². The van der Waals surface area contributed by atoms with Crippen molar-refractivity contribution < 1.29 is 29.7 Å². The van der Waals surface area contributed by atoms with Crippen LogP contribution < -0.4 is 5.11 Å². The van der Waals surface area contributed by atoms with Crippen molar-refractivity contribution in [2.45, 2.75) is 200 Å². The first-order valence-corrected chi connectivity index (χ1v) is 23.3. The van der Waals surface area contributed by atoms with Gasteiger partial charge in [0.25, 0.3) is 0 Å². The van der Waals surface area contributed by atoms with Gasteiger partial charge in [0.15, 0.2) is 0 Å². The molecule has 316 valence electrons. The Labute approximate surface area is 337 Å². The van der Waals surface area contributed by atoms with Crippen LogP contribution in [-0.2, 0) is 11.3 Å². The first-order chi connectivity index (χ1) is 26.2. The summed E-state index contributed by atoms with van der Waals surface area (Å²) in [5.41, 5.74) is 1.29. The van der Waals surface area contributed by atoms with Gasteiger partial charge >= 0.3 is 0 Å². The summed E-state index contributed by atoms with van der Waals surface area (Å²) in [5.74, 6) is 0.635. The third-order valence-electron chi connectivity index (χ3n) is 15.9. The van der Waals surface area contributed by atoms with Crippen LogP contribution in [0, 0.1) is 46.3 Å². The average Bonchev–Trinajstić information content (AvgIpc) is 3.50. The van der Waals surface area contributed by atoms with Gasteiger partial charge in [0.2, 0.25) is 0 Å². The van der Waals surface area contributed by atoms with Crippen LogP contribution in [0.3, 0.4) is 0 Å². The van der Waals surface area contributed by atoms with Crippen LogP contribution in [0.4, 0.5) is 0 Å². The average molecular weight is 768 g/mol. The minimum absolute atomic E-state index is 0.0747. The number of rotatable bonds is 21. The van der Waals surface area contributed by atoms with Crippen LogP contribution in [0.5, 0.6) is 0 Å². The highest BCUT2D eigenvalue weighted by Crippen LogP contribution is 2.68. The number of fused-ring (bicyclic) bond motifs is 5. The highest BCUT2D eigenvalue weighted by Gasteiger charge is 2.65. The van der Waals surface area contributed by atoms with E-state index in [1.54, 1.807) is 0 Å². The monoisotopic (exact) mass is 768 g/mol. The van der Waals surface area contributed by atoms with E-state index in [4.69, 9.17) is 0 Å². The van der Waals surface area contributed by atoms with E-state index in [0.29, 0.717) is 18.3 Å². The molecule has 0 spiro atoms. The SMILES string of the molecule is CC(CCC(=O)[O-])C1CCC2C3C(O)CC4CC(O)CCC4(C)C3CC(O)C12C.CCCCCCCCCCCCCCCC[N+](C)(C)Cc1ccccc1. The Morgan fingerprint density at radius 3 is 1.96 bits per heavy atom. The molecule has 1 aromatic rings. The molecular weight excluding hydrogens is 683 g/mol. The number of hydrogen-bond donors (Lipinski definition) is 3. The Morgan fingerprint density at radius 2 is 1.38 bits per heavy atom. The molecule has 0 amide bonds. The van der Waals surface area contributed by atoms with Crippen molar-refractivity contribution in [3.05, 3.63) is 35.9 Å². The molecule has 6 heteroatoms. The number of aliphatic hydroxyl groups excluding tert-OH is 3. The Bertz CT molecular complexity index is 1240. The van der Waals surface area contributed by atoms with Gasteiger partial charge in [0.05, 0.1) is 39.0 Å². The van der Waals surface area contributed by atoms with E-state index in [1.165, 1.54) is 102 Å². The summed E-state index contributed by atoms with van der Waals surface area (Å²) in [6.07, 6.45) is 25.9. The maximum atomic E-state index is 11.5. The standard InChI is InChI=1S/C25H46N.C24H40O5/c1-4-5-6-7-8-9-10-11-12-13-14-15-16-20-23-26(2,3)24-25-21-18-17-19-22-25;1-13(4-7-21(28)29)16-5-6-17-22-18(12-20(27)24(16,17)3)23(2)9-8-15(25)10-14(23)11-19(22)26/h17-19,21-22H,4-16,20,23-24H2,1-3H3;13-20,22,25-27H,4-12H2,1-3H3,(H,28,29)/q+1;/p-1. The smallest absolute Gasteiger partial charge is 0.104 e. The molecule has 0 radical (unpaired) electrons. The molecule has 5 rings (SSSR count). The van der Waals surface area contributed by atoms with Crippen molar-refractivity contribution >= 4 is 5.97 Å². The van der Waals surface area contributed by atoms with Gasteiger partial charge in [-0.05, 0) is 117 Å². The summed E-state index contributed by atoms with van der Waals surface area (Å²) in [6, 6.07) is 10.9. The minimum atomic E-state index is -0.998. The first kappa shape index (κ1) is 46.2. The van der Waals surface area contributed by atoms with Gasteiger partial charge in [-0.2, -0.15) is 0 Å². The van der Waals surface area contributed by atoms with Gasteiger partial charge in [-0.3, -0.25) is 0 Å². The topological polar surface area (TPSA) is 101 Å². The summed E-state index contributed by atoms with van der Waals surface area (Å²) >= 11 is 0. The Morgan fingerprint density at radius 1 is 0.800 bits per heavy atom. The third-order valence-corrected chi connectivity index (χ3v) is 15.9. The first-order valence-electron chi connectivity index (χ1n) is 23.3. The predicted molar refractivity (Wildman–Crippen MR) is 225 cm³/mol. The Kier molecular flexibility index (Phi) is 18.5. The molecule has 6 nitrogen and oxygen atoms in total. The minimum Gasteiger partial charge on any atom is -0.550 e. The Balaban J connectivity index is 0.000000247. The van der Waals surface area contributed by atoms with Gasteiger partial charge in [-0.25, -0.2) is 0 Å². The molecule has 4 saturated carbocycles. The second-order valence-electron chi connectivity index (χ2n) is 20.3. The van der Waals surface area contributed by atoms with Crippen LogP contribution in [0.1, 0.15) is 181 Å². The van der Waals surface area contributed by atoms with Gasteiger partial charge < -0.3 is 29.7 Å². The number of benzene rings is 1. The molecule has 0 aromatic heterocycles. The summed E-state index contributed by atoms with van der Waals surface area (Å²) in [7, 11) is 4.74. The number of carboxylic acid groups (broad SMARTS) is 1. The van der Waals surface area contributed by atoms with Crippen LogP contribution in [0.2, 0.25) is 0 Å². The second-order valence-corrected chi connectivity index (χ2v) is 20.3. The van der Waals surface area contributed by atoms with E-state index in [-0.39, 0.29) is 53.1 Å². The number of hydrogen-bond acceptors (Lipinski definition) is 5. The number of nitrogens with zero attached hydrogens (tertiary/aromatic N) is 1. The van der Waals surface area contributed by atoms with E-state index >= 15 is 0 Å². The number of aliphatic hydroxyl groups is 3. The van der Waals surface area contributed by atoms with E-state index in [2.05, 4.69) is 72.1 Å². The van der Waals surface area contributed by atoms with E-state index in [1.807, 2.05) is 0 Å². The maximum absolute atomic E-state index is 11.5. The second kappa shape index (κ2) is 22.1. The fourth-order valence-corrected chi connectivity index (χ4v) is 12.6. The van der Waals surface area contributed by atoms with Crippen molar-refractivity contribution in [1.82, 2.24) is 0 Å². The van der Waals surface area contributed by atoms with Crippen molar-refractivity contribution in [3.63, 3.8) is 0 Å². The summed E-state index contributed by atoms with van der Waals surface area (Å²) in [5, 5.41) is 43.9. The fourth-order valence-electron chi connectivity index (χ4n) is 12.6. The van der Waals surface area contributed by atoms with E-state index in [9.17, 15) is 25.2 Å². The molecule has 0 heterocycles. The zero-order valence-electron chi connectivity index (χ0n) is 36.4. The lowest BCUT2D eigenvalue weighted by atomic mass is 9.43. The molecule has 4 aliphatic rings. The van der Waals surface area contributed by atoms with Gasteiger partial charge in [-0.1, -0.05) is 135 Å². The summed E-state index contributed by atoms with van der Waals surface area (Å²) < 4.78 is 1.11. The summed E-state index contributed by atoms with van der Waals surface area (Å²) in [6.45, 7) is 11.4. The van der Waals surface area contributed by atoms with Crippen LogP contribution in [0.15, 0.2) is 30.3 Å². The third kappa shape index (κ3) is 12.8. The molecule has 11 atom stereocenters. The highest BCUT2D eigenvalue weighted by atomic mass is 16.4. The number of carbonyl (C=O) groups excluding carboxylic acids is 1. The lowest BCUT2D eigenvalue weighted by Crippen LogP contribution is -2.62. The predicted octanol–water partition coefficient (Wildman–Crippen LogP) is 9.86. The molecule has 4 fully saturated rings. The molecular formula is C49H85NO5. The largest absolute Gasteiger partial charge is 0.550 e. The van der Waals surface area contributed by atoms with Crippen LogP contribution in [-0.4, -0.2) is 64.7 Å². The van der Waals surface area contributed by atoms with Gasteiger partial charge in [0, 0.05) is 11.5 Å². The quantitative estimate of drug-likeness (QED) is 0.0855. The van der Waals surface area contributed by atoms with Crippen molar-refractivity contribution in [1.29, 1.82) is 0 Å². The zero-order chi connectivity index (χ0) is 40.1. The lowest BCUT2D eigenvalue weighted by Gasteiger charge is -2.63. The van der Waals surface area contributed by atoms with Crippen molar-refractivity contribution in [2.24, 2.45) is 46.3 Å². The van der Waals surface area contributed by atoms with Gasteiger partial charge in [-0.15, -0.1) is 0 Å². The molecule has 0 aliphatic heterocycles. The number of aliphatic carboxylic acids is 1. The molecule has 55 heavy (non-hydrogen) atoms. The summed E-state index contributed by atoms with van der Waals surface area (Å²) in [4.78, 5) is 11.0. The van der Waals surface area contributed by atoms with Gasteiger partial charge in [0.1, 0.15) is 6.54 Å². The van der Waals surface area contributed by atoms with E-state index < -0.39 is 12.1 Å². The normalized spacial score (nSPS) is 33.5. The number of unbranched alkanes of at least 4 members (excludes halogenated alkanes) is 13. The molecule has 1 aromatic carbocycles. The Hall–Kier alpha value is -1.47. The highest BCUT2D eigenvalue weighted by molar-refractivity contribution is 5.64. The molecule has 3 N–H and O–H groups in total. The van der Waals surface area contributed by atoms with Crippen molar-refractivity contribution in [3.8, 4) is 0 Å². The molecule has 11 unspecified atom stereocenters. The van der Waals surface area contributed by atoms with Crippen LogP contribution in [0.25, 0.3) is 0 Å². The number of carboxylic acids is 1. The van der Waals surface area contributed by atoms with Crippen LogP contribution >= 0.6 is 0 Å². The lowest BCUT2D eigenvalue weighted by molar-refractivity contribution is -0.903. The molecule has 0 bridgehead atoms. The molecule has 4 aliphatic carbocycles.